The highest BCUT2D eigenvalue weighted by Gasteiger charge is 2.35. The van der Waals surface area contributed by atoms with Gasteiger partial charge in [-0.1, -0.05) is 30.3 Å². The van der Waals surface area contributed by atoms with Crippen molar-refractivity contribution < 1.29 is 18.0 Å². The largest absolute Gasteiger partial charge is 0.449 e. The molecule has 1 saturated heterocycles. The average Bonchev–Trinajstić information content (AvgIpc) is 3.46. The molecule has 1 atom stereocenters. The number of carbonyl (C=O) groups excluding carboxylic acids is 1. The van der Waals surface area contributed by atoms with Gasteiger partial charge in [-0.05, 0) is 37.1 Å². The van der Waals surface area contributed by atoms with Gasteiger partial charge in [-0.15, -0.1) is 0 Å². The average molecular weight is 437 g/mol. The van der Waals surface area contributed by atoms with Gasteiger partial charge >= 0.3 is 6.18 Å². The third-order valence-electron chi connectivity index (χ3n) is 5.56. The lowest BCUT2D eigenvalue weighted by Crippen LogP contribution is -2.31. The molecule has 2 aromatic heterocycles. The van der Waals surface area contributed by atoms with E-state index in [1.54, 1.807) is 17.2 Å². The molecule has 0 radical (unpaired) electrons. The number of nitrogens with zero attached hydrogens (tertiary/aromatic N) is 4. The molecular weight excluding hydrogens is 419 g/mol. The summed E-state index contributed by atoms with van der Waals surface area (Å²) in [4.78, 5) is 29.8. The monoisotopic (exact) mass is 437 g/mol. The molecule has 1 unspecified atom stereocenters. The van der Waals surface area contributed by atoms with Gasteiger partial charge in [0.25, 0.3) is 5.91 Å². The Kier molecular flexibility index (Phi) is 4.88. The minimum absolute atomic E-state index is 0.162. The topological polar surface area (TPSA) is 74.8 Å². The molecule has 32 heavy (non-hydrogen) atoms. The molecule has 0 bridgehead atoms. The third kappa shape index (κ3) is 3.70. The van der Waals surface area contributed by atoms with Gasteiger partial charge in [-0.25, -0.2) is 15.0 Å². The first-order valence-corrected chi connectivity index (χ1v) is 10.2. The zero-order chi connectivity index (χ0) is 22.3. The molecule has 1 amide bonds. The Morgan fingerprint density at radius 1 is 1.06 bits per heavy atom. The molecule has 9 heteroatoms. The lowest BCUT2D eigenvalue weighted by atomic mass is 10.1. The fourth-order valence-electron chi connectivity index (χ4n) is 4.04. The minimum Gasteiger partial charge on any atom is -0.334 e. The first kappa shape index (κ1) is 20.2. The van der Waals surface area contributed by atoms with Crippen molar-refractivity contribution in [3.63, 3.8) is 0 Å². The number of fused-ring (bicyclic) bond motifs is 1. The van der Waals surface area contributed by atoms with E-state index >= 15 is 0 Å². The van der Waals surface area contributed by atoms with Gasteiger partial charge in [0.15, 0.2) is 5.82 Å². The number of likely N-dealkylation sites (tertiary alicyclic amines) is 1. The van der Waals surface area contributed by atoms with Gasteiger partial charge in [0.05, 0.1) is 22.8 Å². The number of H-pyrrole nitrogens is 1. The molecule has 2 aromatic carbocycles. The predicted octanol–water partition coefficient (Wildman–Crippen LogP) is 5.02. The van der Waals surface area contributed by atoms with Gasteiger partial charge in [0.2, 0.25) is 5.82 Å². The zero-order valence-electron chi connectivity index (χ0n) is 16.8. The quantitative estimate of drug-likeness (QED) is 0.489. The number of hydrogen-bond acceptors (Lipinski definition) is 4. The zero-order valence-corrected chi connectivity index (χ0v) is 16.8. The SMILES string of the molecule is O=C(c1ccc2nc(C(F)(F)F)[nH]c2c1)N1CCCC1c1ccnc(-c2ccccc2)n1. The summed E-state index contributed by atoms with van der Waals surface area (Å²) in [5, 5.41) is 0. The van der Waals surface area contributed by atoms with Gasteiger partial charge in [-0.3, -0.25) is 4.79 Å². The van der Waals surface area contributed by atoms with Crippen LogP contribution in [-0.4, -0.2) is 37.3 Å². The second-order valence-corrected chi connectivity index (χ2v) is 7.64. The van der Waals surface area contributed by atoms with Crippen molar-refractivity contribution in [2.75, 3.05) is 6.54 Å². The number of aromatic amines is 1. The van der Waals surface area contributed by atoms with Crippen molar-refractivity contribution >= 4 is 16.9 Å². The number of rotatable bonds is 3. The van der Waals surface area contributed by atoms with E-state index in [4.69, 9.17) is 0 Å². The minimum atomic E-state index is -4.58. The highest BCUT2D eigenvalue weighted by Crippen LogP contribution is 2.34. The number of alkyl halides is 3. The lowest BCUT2D eigenvalue weighted by Gasteiger charge is -2.24. The summed E-state index contributed by atoms with van der Waals surface area (Å²) in [5.41, 5.74) is 2.27. The molecule has 3 heterocycles. The van der Waals surface area contributed by atoms with E-state index in [0.717, 1.165) is 24.1 Å². The highest BCUT2D eigenvalue weighted by atomic mass is 19.4. The molecule has 1 fully saturated rings. The summed E-state index contributed by atoms with van der Waals surface area (Å²) >= 11 is 0. The number of amides is 1. The predicted molar refractivity (Wildman–Crippen MR) is 112 cm³/mol. The molecule has 0 spiro atoms. The van der Waals surface area contributed by atoms with Gasteiger partial charge < -0.3 is 9.88 Å². The van der Waals surface area contributed by atoms with Crippen molar-refractivity contribution in [3.8, 4) is 11.4 Å². The fraction of sp³-hybridized carbons (Fsp3) is 0.217. The maximum absolute atomic E-state index is 13.3. The Morgan fingerprint density at radius 2 is 1.88 bits per heavy atom. The van der Waals surface area contributed by atoms with Crippen molar-refractivity contribution in [1.29, 1.82) is 0 Å². The summed E-state index contributed by atoms with van der Waals surface area (Å²) in [6.07, 6.45) is -1.33. The Morgan fingerprint density at radius 3 is 2.66 bits per heavy atom. The van der Waals surface area contributed by atoms with Gasteiger partial charge in [-0.2, -0.15) is 13.2 Å². The van der Waals surface area contributed by atoms with Gasteiger partial charge in [0.1, 0.15) is 0 Å². The summed E-state index contributed by atoms with van der Waals surface area (Å²) in [6.45, 7) is 0.545. The van der Waals surface area contributed by atoms with Crippen LogP contribution in [0, 0.1) is 0 Å². The number of imidazole rings is 1. The first-order valence-electron chi connectivity index (χ1n) is 10.2. The Bertz CT molecular complexity index is 1290. The number of halogens is 3. The van der Waals surface area contributed by atoms with E-state index in [-0.39, 0.29) is 23.0 Å². The van der Waals surface area contributed by atoms with E-state index in [1.165, 1.54) is 18.2 Å². The maximum Gasteiger partial charge on any atom is 0.449 e. The van der Waals surface area contributed by atoms with Crippen molar-refractivity contribution in [3.05, 3.63) is 77.9 Å². The van der Waals surface area contributed by atoms with Crippen LogP contribution in [0.2, 0.25) is 0 Å². The van der Waals surface area contributed by atoms with E-state index < -0.39 is 12.0 Å². The molecule has 1 N–H and O–H groups in total. The molecule has 5 rings (SSSR count). The van der Waals surface area contributed by atoms with Crippen LogP contribution in [0.25, 0.3) is 22.4 Å². The van der Waals surface area contributed by atoms with Crippen molar-refractivity contribution in [2.24, 2.45) is 0 Å². The molecule has 0 aliphatic carbocycles. The Hall–Kier alpha value is -3.75. The highest BCUT2D eigenvalue weighted by molar-refractivity contribution is 5.97. The van der Waals surface area contributed by atoms with Gasteiger partial charge in [0, 0.05) is 23.9 Å². The molecule has 1 aliphatic heterocycles. The standard InChI is InChI=1S/C23H18F3N5O/c24-23(25,26)22-29-16-9-8-15(13-18(16)30-22)21(32)31-12-4-7-19(31)17-10-11-27-20(28-17)14-5-2-1-3-6-14/h1-3,5-6,8-11,13,19H,4,7,12H2,(H,29,30). The molecule has 1 aliphatic rings. The molecule has 0 saturated carbocycles. The number of hydrogen-bond donors (Lipinski definition) is 1. The second kappa shape index (κ2) is 7.74. The first-order chi connectivity index (χ1) is 15.4. The number of aromatic nitrogens is 4. The van der Waals surface area contributed by atoms with Crippen molar-refractivity contribution in [1.82, 2.24) is 24.8 Å². The third-order valence-corrected chi connectivity index (χ3v) is 5.56. The van der Waals surface area contributed by atoms with Crippen LogP contribution >= 0.6 is 0 Å². The fourth-order valence-corrected chi connectivity index (χ4v) is 4.04. The van der Waals surface area contributed by atoms with E-state index in [2.05, 4.69) is 19.9 Å². The lowest BCUT2D eigenvalue weighted by molar-refractivity contribution is -0.144. The molecule has 4 aromatic rings. The maximum atomic E-state index is 13.3. The van der Waals surface area contributed by atoms with Crippen LogP contribution in [0.15, 0.2) is 60.8 Å². The summed E-state index contributed by atoms with van der Waals surface area (Å²) in [7, 11) is 0. The van der Waals surface area contributed by atoms with Crippen LogP contribution in [-0.2, 0) is 6.18 Å². The second-order valence-electron chi connectivity index (χ2n) is 7.64. The smallest absolute Gasteiger partial charge is 0.334 e. The van der Waals surface area contributed by atoms with E-state index in [9.17, 15) is 18.0 Å². The normalized spacial score (nSPS) is 16.6. The Balaban J connectivity index is 1.44. The number of nitrogens with one attached hydrogen (secondary N) is 1. The molecule has 6 nitrogen and oxygen atoms in total. The summed E-state index contributed by atoms with van der Waals surface area (Å²) < 4.78 is 38.8. The molecule has 162 valence electrons. The van der Waals surface area contributed by atoms with Crippen molar-refractivity contribution in [2.45, 2.75) is 25.1 Å². The van der Waals surface area contributed by atoms with E-state index in [0.29, 0.717) is 17.9 Å². The summed E-state index contributed by atoms with van der Waals surface area (Å²) in [6, 6.07) is 15.5. The van der Waals surface area contributed by atoms with E-state index in [1.807, 2.05) is 30.3 Å². The van der Waals surface area contributed by atoms with Crippen LogP contribution in [0.5, 0.6) is 0 Å². The Labute approximate surface area is 181 Å². The summed E-state index contributed by atoms with van der Waals surface area (Å²) in [5.74, 6) is -0.746. The number of benzene rings is 2. The number of carbonyl (C=O) groups is 1. The van der Waals surface area contributed by atoms with Crippen LogP contribution < -0.4 is 0 Å². The molecular formula is C23H18F3N5O. The van der Waals surface area contributed by atoms with Crippen LogP contribution in [0.4, 0.5) is 13.2 Å². The van der Waals surface area contributed by atoms with Crippen LogP contribution in [0.1, 0.15) is 40.8 Å². The van der Waals surface area contributed by atoms with Crippen LogP contribution in [0.3, 0.4) is 0 Å².